The van der Waals surface area contributed by atoms with Crippen LogP contribution in [0.1, 0.15) is 13.8 Å². The van der Waals surface area contributed by atoms with Crippen LogP contribution in [-0.4, -0.2) is 22.6 Å². The Morgan fingerprint density at radius 2 is 1.89 bits per heavy atom. The largest absolute Gasteiger partial charge is 0.480 e. The lowest BCUT2D eigenvalue weighted by molar-refractivity contribution is -0.142. The third-order valence-electron chi connectivity index (χ3n) is 2.14. The molecule has 0 spiro atoms. The summed E-state index contributed by atoms with van der Waals surface area (Å²) < 4.78 is 25.8. The zero-order valence-corrected chi connectivity index (χ0v) is 9.75. The van der Waals surface area contributed by atoms with E-state index in [1.54, 1.807) is 0 Å². The molecule has 3 N–H and O–H groups in total. The lowest BCUT2D eigenvalue weighted by atomic mass is 10.1. The van der Waals surface area contributed by atoms with E-state index in [1.807, 2.05) is 0 Å². The number of anilines is 1. The molecule has 0 heterocycles. The van der Waals surface area contributed by atoms with Gasteiger partial charge in [0.15, 0.2) is 0 Å². The maximum atomic E-state index is 13.2. The number of carboxylic acid groups (broad SMARTS) is 1. The van der Waals surface area contributed by atoms with Crippen LogP contribution >= 0.6 is 0 Å². The average molecular weight is 258 g/mol. The number of hydrogen-bond donors (Lipinski definition) is 3. The smallest absolute Gasteiger partial charge is 0.328 e. The highest BCUT2D eigenvalue weighted by molar-refractivity contribution is 5.93. The number of carbonyl (C=O) groups excluding carboxylic acids is 1. The number of amides is 2. The number of carboxylic acids is 1. The summed E-state index contributed by atoms with van der Waals surface area (Å²) in [5, 5.41) is 13.0. The van der Waals surface area contributed by atoms with E-state index < -0.39 is 29.2 Å². The lowest BCUT2D eigenvalue weighted by Crippen LogP contribution is -2.51. The zero-order chi connectivity index (χ0) is 13.9. The van der Waals surface area contributed by atoms with E-state index in [1.165, 1.54) is 13.8 Å². The predicted octanol–water partition coefficient (Wildman–Crippen LogP) is 1.95. The number of urea groups is 1. The first-order chi connectivity index (χ1) is 8.22. The molecule has 0 fully saturated rings. The van der Waals surface area contributed by atoms with Crippen LogP contribution in [0.5, 0.6) is 0 Å². The third-order valence-corrected chi connectivity index (χ3v) is 2.14. The van der Waals surface area contributed by atoms with Gasteiger partial charge in [-0.1, -0.05) is 0 Å². The fourth-order valence-corrected chi connectivity index (χ4v) is 1.08. The minimum absolute atomic E-state index is 0.241. The molecule has 0 unspecified atom stereocenters. The molecule has 1 aromatic carbocycles. The second-order valence-electron chi connectivity index (χ2n) is 4.13. The molecular formula is C11H12F2N2O3. The monoisotopic (exact) mass is 258 g/mol. The van der Waals surface area contributed by atoms with Crippen LogP contribution in [-0.2, 0) is 4.79 Å². The highest BCUT2D eigenvalue weighted by atomic mass is 19.1. The van der Waals surface area contributed by atoms with Crippen molar-refractivity contribution in [3.05, 3.63) is 29.8 Å². The number of aliphatic carboxylic acids is 1. The van der Waals surface area contributed by atoms with E-state index >= 15 is 0 Å². The summed E-state index contributed by atoms with van der Waals surface area (Å²) in [7, 11) is 0. The van der Waals surface area contributed by atoms with Crippen LogP contribution in [0.4, 0.5) is 19.3 Å². The van der Waals surface area contributed by atoms with Gasteiger partial charge in [0.1, 0.15) is 17.2 Å². The number of carbonyl (C=O) groups is 2. The fraction of sp³-hybridized carbons (Fsp3) is 0.273. The van der Waals surface area contributed by atoms with Crippen molar-refractivity contribution in [2.45, 2.75) is 19.4 Å². The van der Waals surface area contributed by atoms with Crippen molar-refractivity contribution in [2.24, 2.45) is 0 Å². The quantitative estimate of drug-likeness (QED) is 0.775. The Kier molecular flexibility index (Phi) is 3.85. The predicted molar refractivity (Wildman–Crippen MR) is 60.2 cm³/mol. The van der Waals surface area contributed by atoms with E-state index in [4.69, 9.17) is 5.11 Å². The molecule has 0 aliphatic heterocycles. The Morgan fingerprint density at radius 1 is 1.28 bits per heavy atom. The highest BCUT2D eigenvalue weighted by Gasteiger charge is 2.29. The third kappa shape index (κ3) is 3.41. The van der Waals surface area contributed by atoms with Crippen molar-refractivity contribution < 1.29 is 23.5 Å². The van der Waals surface area contributed by atoms with Crippen LogP contribution in [0.15, 0.2) is 18.2 Å². The summed E-state index contributed by atoms with van der Waals surface area (Å²) in [4.78, 5) is 22.2. The molecule has 1 aromatic rings. The minimum Gasteiger partial charge on any atom is -0.480 e. The van der Waals surface area contributed by atoms with Gasteiger partial charge in [-0.25, -0.2) is 18.4 Å². The maximum absolute atomic E-state index is 13.2. The van der Waals surface area contributed by atoms with E-state index in [0.717, 1.165) is 12.1 Å². The fourth-order valence-electron chi connectivity index (χ4n) is 1.08. The van der Waals surface area contributed by atoms with Crippen molar-refractivity contribution in [1.82, 2.24) is 5.32 Å². The van der Waals surface area contributed by atoms with Crippen LogP contribution < -0.4 is 10.6 Å². The molecule has 0 radical (unpaired) electrons. The molecule has 0 aromatic heterocycles. The van der Waals surface area contributed by atoms with Gasteiger partial charge in [-0.15, -0.1) is 0 Å². The first-order valence-electron chi connectivity index (χ1n) is 5.00. The van der Waals surface area contributed by atoms with Crippen molar-refractivity contribution in [3.8, 4) is 0 Å². The Balaban J connectivity index is 2.74. The summed E-state index contributed by atoms with van der Waals surface area (Å²) in [6.45, 7) is 2.55. The van der Waals surface area contributed by atoms with E-state index in [9.17, 15) is 18.4 Å². The topological polar surface area (TPSA) is 78.4 Å². The SMILES string of the molecule is CC(C)(NC(=O)Nc1ccc(F)cc1F)C(=O)O. The lowest BCUT2D eigenvalue weighted by Gasteiger charge is -2.21. The molecule has 98 valence electrons. The Labute approximate surface area is 102 Å². The molecule has 5 nitrogen and oxygen atoms in total. The average Bonchev–Trinajstić information content (AvgIpc) is 2.21. The second-order valence-corrected chi connectivity index (χ2v) is 4.13. The Bertz CT molecular complexity index is 489. The van der Waals surface area contributed by atoms with Gasteiger partial charge in [0.25, 0.3) is 0 Å². The molecule has 0 saturated carbocycles. The van der Waals surface area contributed by atoms with Gasteiger partial charge in [-0.2, -0.15) is 0 Å². The Hall–Kier alpha value is -2.18. The minimum atomic E-state index is -1.50. The number of nitrogens with one attached hydrogen (secondary N) is 2. The number of halogens is 2. The van der Waals surface area contributed by atoms with Crippen LogP contribution in [0.2, 0.25) is 0 Å². The Morgan fingerprint density at radius 3 is 2.39 bits per heavy atom. The number of rotatable bonds is 3. The van der Waals surface area contributed by atoms with Gasteiger partial charge in [-0.05, 0) is 26.0 Å². The van der Waals surface area contributed by atoms with Gasteiger partial charge >= 0.3 is 12.0 Å². The molecule has 0 bridgehead atoms. The summed E-state index contributed by atoms with van der Waals surface area (Å²) >= 11 is 0. The summed E-state index contributed by atoms with van der Waals surface area (Å²) in [5.41, 5.74) is -1.74. The van der Waals surface area contributed by atoms with Gasteiger partial charge in [0.2, 0.25) is 0 Å². The molecule has 0 aliphatic rings. The normalized spacial score (nSPS) is 10.9. The maximum Gasteiger partial charge on any atom is 0.328 e. The molecule has 7 heteroatoms. The van der Waals surface area contributed by atoms with Crippen molar-refractivity contribution in [3.63, 3.8) is 0 Å². The molecule has 0 aliphatic carbocycles. The number of hydrogen-bond acceptors (Lipinski definition) is 2. The molecule has 0 saturated heterocycles. The van der Waals surface area contributed by atoms with Crippen LogP contribution in [0.3, 0.4) is 0 Å². The van der Waals surface area contributed by atoms with E-state index in [2.05, 4.69) is 10.6 Å². The highest BCUT2D eigenvalue weighted by Crippen LogP contribution is 2.15. The molecular weight excluding hydrogens is 246 g/mol. The van der Waals surface area contributed by atoms with Gasteiger partial charge in [0.05, 0.1) is 5.69 Å². The van der Waals surface area contributed by atoms with Crippen molar-refractivity contribution in [2.75, 3.05) is 5.32 Å². The number of benzene rings is 1. The van der Waals surface area contributed by atoms with E-state index in [-0.39, 0.29) is 5.69 Å². The summed E-state index contributed by atoms with van der Waals surface area (Å²) in [5.74, 6) is -2.96. The zero-order valence-electron chi connectivity index (χ0n) is 9.75. The van der Waals surface area contributed by atoms with Gasteiger partial charge in [0, 0.05) is 6.07 Å². The molecule has 18 heavy (non-hydrogen) atoms. The standard InChI is InChI=1S/C11H12F2N2O3/c1-11(2,9(16)17)15-10(18)14-8-4-3-6(12)5-7(8)13/h3-5H,1-2H3,(H,16,17)(H2,14,15,18). The molecule has 1 rings (SSSR count). The first kappa shape index (κ1) is 13.9. The van der Waals surface area contributed by atoms with Crippen LogP contribution in [0, 0.1) is 11.6 Å². The van der Waals surface area contributed by atoms with Crippen LogP contribution in [0.25, 0.3) is 0 Å². The second kappa shape index (κ2) is 4.99. The first-order valence-corrected chi connectivity index (χ1v) is 5.00. The van der Waals surface area contributed by atoms with Crippen molar-refractivity contribution >= 4 is 17.7 Å². The molecule has 0 atom stereocenters. The van der Waals surface area contributed by atoms with E-state index in [0.29, 0.717) is 6.07 Å². The summed E-state index contributed by atoms with van der Waals surface area (Å²) in [6.07, 6.45) is 0. The van der Waals surface area contributed by atoms with Gasteiger partial charge < -0.3 is 15.7 Å². The summed E-state index contributed by atoms with van der Waals surface area (Å²) in [6, 6.07) is 1.73. The molecule has 2 amide bonds. The van der Waals surface area contributed by atoms with Gasteiger partial charge in [-0.3, -0.25) is 0 Å². The van der Waals surface area contributed by atoms with Crippen molar-refractivity contribution in [1.29, 1.82) is 0 Å².